The van der Waals surface area contributed by atoms with E-state index in [-0.39, 0.29) is 27.2 Å². The van der Waals surface area contributed by atoms with E-state index in [1.807, 2.05) is 6.07 Å². The quantitative estimate of drug-likeness (QED) is 0.141. The number of anilines is 2. The molecule has 5 rings (SSSR count). The monoisotopic (exact) mass is 655 g/mol. The topological polar surface area (TPSA) is 111 Å². The predicted octanol–water partition coefficient (Wildman–Crippen LogP) is 6.70. The van der Waals surface area contributed by atoms with Crippen LogP contribution in [0.15, 0.2) is 66.4 Å². The Labute approximate surface area is 269 Å². The highest BCUT2D eigenvalue weighted by Gasteiger charge is 2.43. The zero-order valence-electron chi connectivity index (χ0n) is 25.5. The van der Waals surface area contributed by atoms with Gasteiger partial charge in [0.1, 0.15) is 7.05 Å². The van der Waals surface area contributed by atoms with Crippen molar-refractivity contribution in [3.8, 4) is 0 Å². The van der Waals surface area contributed by atoms with Gasteiger partial charge in [-0.25, -0.2) is 0 Å². The summed E-state index contributed by atoms with van der Waals surface area (Å²) in [4.78, 5) is 14.2. The third kappa shape index (κ3) is 6.54. The SMILES string of the molecule is C[N+]1=C(C=CC=C2N(CCCCS(=O)(=O)O)c3ccccc3C2(C)C)C(C)(C)c2cc(CNc3nc(Cl)nc(Cl)n3)ccc21. The highest BCUT2D eigenvalue weighted by atomic mass is 35.5. The van der Waals surface area contributed by atoms with Crippen molar-refractivity contribution in [2.24, 2.45) is 0 Å². The lowest BCUT2D eigenvalue weighted by molar-refractivity contribution is -0.401. The molecule has 0 amide bonds. The number of halogens is 2. The van der Waals surface area contributed by atoms with E-state index in [9.17, 15) is 13.0 Å². The van der Waals surface area contributed by atoms with E-state index >= 15 is 0 Å². The van der Waals surface area contributed by atoms with Gasteiger partial charge in [-0.3, -0.25) is 4.55 Å². The van der Waals surface area contributed by atoms with Crippen LogP contribution >= 0.6 is 23.2 Å². The molecule has 0 aliphatic carbocycles. The minimum Gasteiger partial charge on any atom is -0.350 e. The highest BCUT2D eigenvalue weighted by molar-refractivity contribution is 7.85. The molecular weight excluding hydrogens is 619 g/mol. The molecule has 1 aromatic heterocycles. The van der Waals surface area contributed by atoms with Gasteiger partial charge in [0.25, 0.3) is 10.1 Å². The average Bonchev–Trinajstić information content (AvgIpc) is 3.27. The molecule has 0 spiro atoms. The van der Waals surface area contributed by atoms with Gasteiger partial charge < -0.3 is 10.2 Å². The summed E-state index contributed by atoms with van der Waals surface area (Å²) in [5.74, 6) is 0.0860. The van der Waals surface area contributed by atoms with E-state index in [1.165, 1.54) is 16.8 Å². The number of fused-ring (bicyclic) bond motifs is 2. The summed E-state index contributed by atoms with van der Waals surface area (Å²) in [6.07, 6.45) is 7.49. The van der Waals surface area contributed by atoms with Crippen molar-refractivity contribution in [1.82, 2.24) is 15.0 Å². The van der Waals surface area contributed by atoms with Gasteiger partial charge in [-0.1, -0.05) is 44.2 Å². The number of rotatable bonds is 10. The first-order chi connectivity index (χ1) is 20.7. The van der Waals surface area contributed by atoms with Crippen LogP contribution in [0.2, 0.25) is 10.6 Å². The zero-order chi connectivity index (χ0) is 31.9. The van der Waals surface area contributed by atoms with Crippen molar-refractivity contribution in [2.75, 3.05) is 29.6 Å². The Hall–Kier alpha value is -3.31. The molecule has 9 nitrogen and oxygen atoms in total. The molecular formula is C32H37Cl2N6O3S+. The number of unbranched alkanes of at least 4 members (excludes halogenated alkanes) is 1. The van der Waals surface area contributed by atoms with Crippen LogP contribution in [0.25, 0.3) is 0 Å². The molecule has 232 valence electrons. The Morgan fingerprint density at radius 3 is 2.39 bits per heavy atom. The molecule has 0 unspecified atom stereocenters. The molecule has 2 aromatic carbocycles. The van der Waals surface area contributed by atoms with Gasteiger partial charge in [-0.05, 0) is 79.2 Å². The van der Waals surface area contributed by atoms with Crippen LogP contribution in [0.3, 0.4) is 0 Å². The van der Waals surface area contributed by atoms with Crippen LogP contribution in [-0.4, -0.2) is 57.6 Å². The van der Waals surface area contributed by atoms with Crippen LogP contribution in [0, 0.1) is 0 Å². The molecule has 3 heterocycles. The number of hydrogen-bond acceptors (Lipinski definition) is 7. The van der Waals surface area contributed by atoms with E-state index in [2.05, 4.69) is 119 Å². The van der Waals surface area contributed by atoms with E-state index < -0.39 is 10.1 Å². The van der Waals surface area contributed by atoms with Gasteiger partial charge in [0.15, 0.2) is 5.71 Å². The number of para-hydroxylation sites is 1. The summed E-state index contributed by atoms with van der Waals surface area (Å²) in [5, 5.41) is 3.25. The molecule has 44 heavy (non-hydrogen) atoms. The van der Waals surface area contributed by atoms with Gasteiger partial charge in [0, 0.05) is 47.6 Å². The summed E-state index contributed by atoms with van der Waals surface area (Å²) >= 11 is 11.8. The first kappa shape index (κ1) is 32.1. The van der Waals surface area contributed by atoms with Crippen LogP contribution in [0.1, 0.15) is 57.2 Å². The lowest BCUT2D eigenvalue weighted by Gasteiger charge is -2.27. The van der Waals surface area contributed by atoms with E-state index in [0.29, 0.717) is 31.9 Å². The lowest BCUT2D eigenvalue weighted by Crippen LogP contribution is -2.28. The fourth-order valence-corrected chi connectivity index (χ4v) is 7.18. The fraction of sp³-hybridized carbons (Fsp3) is 0.375. The maximum atomic E-state index is 11.2. The molecule has 0 saturated carbocycles. The van der Waals surface area contributed by atoms with Crippen molar-refractivity contribution < 1.29 is 17.5 Å². The van der Waals surface area contributed by atoms with Crippen LogP contribution < -0.4 is 10.2 Å². The second-order valence-electron chi connectivity index (χ2n) is 12.2. The molecule has 0 saturated heterocycles. The smallest absolute Gasteiger partial charge is 0.264 e. The summed E-state index contributed by atoms with van der Waals surface area (Å²) in [7, 11) is -1.89. The molecule has 2 aliphatic rings. The molecule has 0 fully saturated rings. The Kier molecular flexibility index (Phi) is 8.92. The van der Waals surface area contributed by atoms with E-state index in [1.54, 1.807) is 0 Å². The zero-order valence-corrected chi connectivity index (χ0v) is 27.8. The Balaban J connectivity index is 1.37. The van der Waals surface area contributed by atoms with Gasteiger partial charge >= 0.3 is 0 Å². The van der Waals surface area contributed by atoms with Gasteiger partial charge in [-0.2, -0.15) is 27.9 Å². The largest absolute Gasteiger partial charge is 0.350 e. The third-order valence-electron chi connectivity index (χ3n) is 8.47. The number of aromatic nitrogens is 3. The third-order valence-corrected chi connectivity index (χ3v) is 9.61. The van der Waals surface area contributed by atoms with Crippen LogP contribution in [0.5, 0.6) is 0 Å². The molecule has 2 N–H and O–H groups in total. The van der Waals surface area contributed by atoms with E-state index in [4.69, 9.17) is 23.2 Å². The first-order valence-corrected chi connectivity index (χ1v) is 16.8. The van der Waals surface area contributed by atoms with Crippen molar-refractivity contribution in [3.63, 3.8) is 0 Å². The van der Waals surface area contributed by atoms with Crippen molar-refractivity contribution >= 4 is 56.4 Å². The molecule has 0 atom stereocenters. The molecule has 0 radical (unpaired) electrons. The normalized spacial score (nSPS) is 17.9. The number of allylic oxidation sites excluding steroid dienone is 4. The maximum Gasteiger partial charge on any atom is 0.264 e. The van der Waals surface area contributed by atoms with Crippen LogP contribution in [-0.2, 0) is 27.5 Å². The van der Waals surface area contributed by atoms with Crippen molar-refractivity contribution in [3.05, 3.63) is 93.6 Å². The van der Waals surface area contributed by atoms with Crippen molar-refractivity contribution in [1.29, 1.82) is 0 Å². The number of nitrogens with one attached hydrogen (secondary N) is 1. The number of benzene rings is 2. The highest BCUT2D eigenvalue weighted by Crippen LogP contribution is 2.48. The Bertz CT molecular complexity index is 1780. The first-order valence-electron chi connectivity index (χ1n) is 14.4. The second-order valence-corrected chi connectivity index (χ2v) is 14.4. The molecule has 2 aliphatic heterocycles. The minimum absolute atomic E-state index is 0.0374. The summed E-state index contributed by atoms with van der Waals surface area (Å²) < 4.78 is 33.9. The molecule has 3 aromatic rings. The fourth-order valence-electron chi connectivity index (χ4n) is 6.25. The van der Waals surface area contributed by atoms with Gasteiger partial charge in [0.2, 0.25) is 22.2 Å². The van der Waals surface area contributed by atoms with E-state index in [0.717, 1.165) is 22.6 Å². The Morgan fingerprint density at radius 1 is 0.977 bits per heavy atom. The summed E-state index contributed by atoms with van der Waals surface area (Å²) in [5.41, 5.74) is 7.62. The van der Waals surface area contributed by atoms with Crippen molar-refractivity contribution in [2.45, 2.75) is 57.9 Å². The maximum absolute atomic E-state index is 11.2. The second kappa shape index (κ2) is 12.2. The van der Waals surface area contributed by atoms with Gasteiger partial charge in [-0.15, -0.1) is 0 Å². The summed E-state index contributed by atoms with van der Waals surface area (Å²) in [6.45, 7) is 10.0. The van der Waals surface area contributed by atoms with Crippen LogP contribution in [0.4, 0.5) is 17.3 Å². The van der Waals surface area contributed by atoms with Gasteiger partial charge in [0.05, 0.1) is 11.2 Å². The standard InChI is InChI=1S/C32H36Cl2N6O3S/c1-31(2)22-11-6-7-12-25(22)40(17-8-9-18-44(41,42)43)27(31)14-10-13-26-32(3,4)23-19-21(15-16-24(23)39(26)5)20-35-30-37-28(33)36-29(34)38-30/h6-7,10-16,19H,8-9,17-18,20H2,1-5H3,(H-,35,36,37,38,41,42,43)/p+1. The molecule has 0 bridgehead atoms. The Morgan fingerprint density at radius 2 is 1.68 bits per heavy atom. The summed E-state index contributed by atoms with van der Waals surface area (Å²) in [6, 6.07) is 14.8. The number of hydrogen-bond donors (Lipinski definition) is 2. The predicted molar refractivity (Wildman–Crippen MR) is 177 cm³/mol. The molecule has 12 heteroatoms. The lowest BCUT2D eigenvalue weighted by atomic mass is 9.80. The number of nitrogens with zero attached hydrogens (tertiary/aromatic N) is 5. The minimum atomic E-state index is -3.97. The average molecular weight is 657 g/mol.